The van der Waals surface area contributed by atoms with Crippen molar-refractivity contribution in [2.75, 3.05) is 5.75 Å². The SMILES string of the molecule is CC(=O)N[C@@H](CSc1nnc2ccccc2n1)C(=O)O. The summed E-state index contributed by atoms with van der Waals surface area (Å²) in [6.07, 6.45) is 0. The Hall–Kier alpha value is -2.22. The van der Waals surface area contributed by atoms with E-state index in [1.165, 1.54) is 6.92 Å². The highest BCUT2D eigenvalue weighted by Crippen LogP contribution is 2.16. The molecule has 0 fully saturated rings. The number of amides is 1. The van der Waals surface area contributed by atoms with Gasteiger partial charge in [0.2, 0.25) is 11.1 Å². The van der Waals surface area contributed by atoms with Gasteiger partial charge in [-0.3, -0.25) is 4.79 Å². The summed E-state index contributed by atoms with van der Waals surface area (Å²) in [6.45, 7) is 1.27. The van der Waals surface area contributed by atoms with Gasteiger partial charge in [0, 0.05) is 12.7 Å². The molecule has 104 valence electrons. The lowest BCUT2D eigenvalue weighted by molar-refractivity contribution is -0.140. The molecule has 1 aromatic heterocycles. The zero-order chi connectivity index (χ0) is 14.5. The number of carbonyl (C=O) groups is 2. The van der Waals surface area contributed by atoms with E-state index in [-0.39, 0.29) is 5.75 Å². The van der Waals surface area contributed by atoms with Crippen LogP contribution in [0.2, 0.25) is 0 Å². The molecular formula is C12H12N4O3S. The van der Waals surface area contributed by atoms with Crippen LogP contribution in [0.1, 0.15) is 6.92 Å². The van der Waals surface area contributed by atoms with Gasteiger partial charge in [0.05, 0.1) is 5.52 Å². The van der Waals surface area contributed by atoms with Gasteiger partial charge in [-0.2, -0.15) is 0 Å². The first kappa shape index (κ1) is 14.2. The second-order valence-electron chi connectivity index (χ2n) is 3.99. The van der Waals surface area contributed by atoms with Crippen LogP contribution in [0.25, 0.3) is 11.0 Å². The van der Waals surface area contributed by atoms with Crippen molar-refractivity contribution < 1.29 is 14.7 Å². The molecule has 0 bridgehead atoms. The van der Waals surface area contributed by atoms with E-state index in [4.69, 9.17) is 5.11 Å². The molecule has 0 spiro atoms. The highest BCUT2D eigenvalue weighted by molar-refractivity contribution is 7.99. The highest BCUT2D eigenvalue weighted by atomic mass is 32.2. The van der Waals surface area contributed by atoms with Crippen LogP contribution < -0.4 is 5.32 Å². The first-order valence-electron chi connectivity index (χ1n) is 5.78. The normalized spacial score (nSPS) is 12.1. The van der Waals surface area contributed by atoms with Gasteiger partial charge in [0.25, 0.3) is 0 Å². The third-order valence-electron chi connectivity index (χ3n) is 2.40. The van der Waals surface area contributed by atoms with Crippen LogP contribution in [-0.2, 0) is 9.59 Å². The van der Waals surface area contributed by atoms with Gasteiger partial charge in [-0.15, -0.1) is 10.2 Å². The number of carboxylic acid groups (broad SMARTS) is 1. The molecule has 0 unspecified atom stereocenters. The maximum absolute atomic E-state index is 11.0. The summed E-state index contributed by atoms with van der Waals surface area (Å²) in [5, 5.41) is 19.6. The fourth-order valence-corrected chi connectivity index (χ4v) is 2.31. The number of nitrogens with one attached hydrogen (secondary N) is 1. The van der Waals surface area contributed by atoms with E-state index in [9.17, 15) is 9.59 Å². The summed E-state index contributed by atoms with van der Waals surface area (Å²) < 4.78 is 0. The largest absolute Gasteiger partial charge is 0.480 e. The Morgan fingerprint density at radius 3 is 2.65 bits per heavy atom. The molecule has 0 radical (unpaired) electrons. The molecule has 7 nitrogen and oxygen atoms in total. The molecule has 0 saturated heterocycles. The molecule has 0 saturated carbocycles. The van der Waals surface area contributed by atoms with Crippen molar-refractivity contribution in [3.8, 4) is 0 Å². The molecule has 2 aromatic rings. The van der Waals surface area contributed by atoms with Crippen LogP contribution in [0, 0.1) is 0 Å². The monoisotopic (exact) mass is 292 g/mol. The molecular weight excluding hydrogens is 280 g/mol. The number of hydrogen-bond donors (Lipinski definition) is 2. The lowest BCUT2D eigenvalue weighted by Crippen LogP contribution is -2.41. The fraction of sp³-hybridized carbons (Fsp3) is 0.250. The number of aliphatic carboxylic acids is 1. The summed E-state index contributed by atoms with van der Waals surface area (Å²) in [7, 11) is 0. The first-order chi connectivity index (χ1) is 9.56. The Kier molecular flexibility index (Phi) is 4.46. The molecule has 0 aliphatic carbocycles. The number of benzene rings is 1. The van der Waals surface area contributed by atoms with E-state index in [1.807, 2.05) is 12.1 Å². The molecule has 1 amide bonds. The first-order valence-corrected chi connectivity index (χ1v) is 6.77. The minimum atomic E-state index is -1.10. The lowest BCUT2D eigenvalue weighted by atomic mass is 10.3. The summed E-state index contributed by atoms with van der Waals surface area (Å²) >= 11 is 1.13. The number of carbonyl (C=O) groups excluding carboxylic acids is 1. The predicted molar refractivity (Wildman–Crippen MR) is 73.3 cm³/mol. The molecule has 1 heterocycles. The van der Waals surface area contributed by atoms with E-state index in [0.717, 1.165) is 11.8 Å². The summed E-state index contributed by atoms with van der Waals surface area (Å²) in [4.78, 5) is 26.2. The average Bonchev–Trinajstić information content (AvgIpc) is 2.42. The third kappa shape index (κ3) is 3.64. The number of aromatic nitrogens is 3. The lowest BCUT2D eigenvalue weighted by Gasteiger charge is -2.11. The molecule has 2 N–H and O–H groups in total. The van der Waals surface area contributed by atoms with Crippen LogP contribution in [0.4, 0.5) is 0 Å². The summed E-state index contributed by atoms with van der Waals surface area (Å²) in [5.74, 6) is -1.36. The van der Waals surface area contributed by atoms with E-state index in [0.29, 0.717) is 16.2 Å². The Morgan fingerprint density at radius 1 is 1.30 bits per heavy atom. The van der Waals surface area contributed by atoms with Crippen molar-refractivity contribution in [3.63, 3.8) is 0 Å². The second kappa shape index (κ2) is 6.29. The minimum absolute atomic E-state index is 0.134. The van der Waals surface area contributed by atoms with Crippen molar-refractivity contribution in [1.29, 1.82) is 0 Å². The number of nitrogens with zero attached hydrogens (tertiary/aromatic N) is 3. The van der Waals surface area contributed by atoms with Gasteiger partial charge in [-0.1, -0.05) is 23.9 Å². The number of para-hydroxylation sites is 1. The molecule has 1 aromatic carbocycles. The summed E-state index contributed by atoms with van der Waals surface area (Å²) in [5.41, 5.74) is 1.37. The van der Waals surface area contributed by atoms with Gasteiger partial charge >= 0.3 is 5.97 Å². The van der Waals surface area contributed by atoms with Gasteiger partial charge in [0.15, 0.2) is 0 Å². The van der Waals surface area contributed by atoms with Crippen molar-refractivity contribution in [1.82, 2.24) is 20.5 Å². The second-order valence-corrected chi connectivity index (χ2v) is 4.97. The number of carboxylic acids is 1. The van der Waals surface area contributed by atoms with Crippen molar-refractivity contribution in [2.45, 2.75) is 18.1 Å². The third-order valence-corrected chi connectivity index (χ3v) is 3.33. The summed E-state index contributed by atoms with van der Waals surface area (Å²) in [6, 6.07) is 6.29. The predicted octanol–water partition coefficient (Wildman–Crippen LogP) is 0.706. The molecule has 0 aliphatic rings. The molecule has 8 heteroatoms. The van der Waals surface area contributed by atoms with E-state index in [2.05, 4.69) is 20.5 Å². The fourth-order valence-electron chi connectivity index (χ4n) is 1.50. The van der Waals surface area contributed by atoms with E-state index in [1.54, 1.807) is 12.1 Å². The van der Waals surface area contributed by atoms with Gasteiger partial charge in [-0.05, 0) is 12.1 Å². The Balaban J connectivity index is 2.07. The van der Waals surface area contributed by atoms with Gasteiger partial charge in [0.1, 0.15) is 11.6 Å². The van der Waals surface area contributed by atoms with Crippen LogP contribution in [0.15, 0.2) is 29.4 Å². The zero-order valence-corrected chi connectivity index (χ0v) is 11.4. The van der Waals surface area contributed by atoms with Crippen molar-refractivity contribution >= 4 is 34.7 Å². The number of thioether (sulfide) groups is 1. The minimum Gasteiger partial charge on any atom is -0.480 e. The topological polar surface area (TPSA) is 105 Å². The van der Waals surface area contributed by atoms with Crippen molar-refractivity contribution in [2.24, 2.45) is 0 Å². The Morgan fingerprint density at radius 2 is 2.00 bits per heavy atom. The Bertz CT molecular complexity index is 649. The zero-order valence-electron chi connectivity index (χ0n) is 10.6. The average molecular weight is 292 g/mol. The molecule has 2 rings (SSSR count). The standard InChI is InChI=1S/C12H12N4O3S/c1-7(17)13-10(11(18)19)6-20-12-14-8-4-2-3-5-9(8)15-16-12/h2-5,10H,6H2,1H3,(H,13,17)(H,18,19)/t10-/m0/s1. The van der Waals surface area contributed by atoms with E-state index < -0.39 is 17.9 Å². The van der Waals surface area contributed by atoms with Crippen LogP contribution in [-0.4, -0.2) is 44.0 Å². The van der Waals surface area contributed by atoms with E-state index >= 15 is 0 Å². The van der Waals surface area contributed by atoms with Gasteiger partial charge < -0.3 is 10.4 Å². The molecule has 1 atom stereocenters. The number of hydrogen-bond acceptors (Lipinski definition) is 6. The number of fused-ring (bicyclic) bond motifs is 1. The molecule has 0 aliphatic heterocycles. The quantitative estimate of drug-likeness (QED) is 0.782. The van der Waals surface area contributed by atoms with Crippen LogP contribution >= 0.6 is 11.8 Å². The maximum Gasteiger partial charge on any atom is 0.327 e. The van der Waals surface area contributed by atoms with Crippen LogP contribution in [0.5, 0.6) is 0 Å². The number of rotatable bonds is 5. The smallest absolute Gasteiger partial charge is 0.327 e. The van der Waals surface area contributed by atoms with Gasteiger partial charge in [-0.25, -0.2) is 9.78 Å². The maximum atomic E-state index is 11.0. The molecule has 20 heavy (non-hydrogen) atoms. The van der Waals surface area contributed by atoms with Crippen molar-refractivity contribution in [3.05, 3.63) is 24.3 Å². The van der Waals surface area contributed by atoms with Crippen LogP contribution in [0.3, 0.4) is 0 Å². The highest BCUT2D eigenvalue weighted by Gasteiger charge is 2.19. The Labute approximate surface area is 118 Å².